The maximum Gasteiger partial charge on any atom is 0.160 e. The van der Waals surface area contributed by atoms with Crippen LogP contribution in [0.1, 0.15) is 63.8 Å². The molecule has 27 heavy (non-hydrogen) atoms. The first-order chi connectivity index (χ1) is 12.5. The minimum atomic E-state index is -0.192. The van der Waals surface area contributed by atoms with Crippen molar-refractivity contribution in [3.8, 4) is 5.75 Å². The molecule has 0 aromatic heterocycles. The van der Waals surface area contributed by atoms with Crippen molar-refractivity contribution in [3.05, 3.63) is 77.0 Å². The van der Waals surface area contributed by atoms with Gasteiger partial charge < -0.3 is 5.11 Å². The number of allylic oxidation sites excluding steroid dienone is 1. The summed E-state index contributed by atoms with van der Waals surface area (Å²) in [7, 11) is 0. The number of hydrogen-bond donors (Lipinski definition) is 1. The second kappa shape index (κ2) is 6.49. The van der Waals surface area contributed by atoms with Gasteiger partial charge in [-0.05, 0) is 23.0 Å². The third-order valence-electron chi connectivity index (χ3n) is 4.76. The van der Waals surface area contributed by atoms with Crippen molar-refractivity contribution in [3.63, 3.8) is 0 Å². The van der Waals surface area contributed by atoms with Gasteiger partial charge >= 0.3 is 0 Å². The van der Waals surface area contributed by atoms with E-state index in [-0.39, 0.29) is 10.8 Å². The maximum atomic E-state index is 10.9. The molecule has 2 aromatic rings. The zero-order valence-electron chi connectivity index (χ0n) is 17.1. The molecule has 1 aliphatic heterocycles. The predicted molar refractivity (Wildman–Crippen MR) is 114 cm³/mol. The smallest absolute Gasteiger partial charge is 0.160 e. The Morgan fingerprint density at radius 1 is 0.778 bits per heavy atom. The van der Waals surface area contributed by atoms with Crippen LogP contribution in [-0.2, 0) is 10.8 Å². The third kappa shape index (κ3) is 3.73. The summed E-state index contributed by atoms with van der Waals surface area (Å²) in [5.74, 6) is 1.01. The number of aromatic hydroxyl groups is 1. The van der Waals surface area contributed by atoms with Crippen LogP contribution in [0.5, 0.6) is 5.75 Å². The summed E-state index contributed by atoms with van der Waals surface area (Å²) in [6, 6.07) is 14.0. The van der Waals surface area contributed by atoms with Crippen LogP contribution >= 0.6 is 0 Å². The van der Waals surface area contributed by atoms with Crippen LogP contribution in [-0.4, -0.2) is 16.7 Å². The normalized spacial score (nSPS) is 15.0. The molecule has 1 N–H and O–H groups in total. The Morgan fingerprint density at radius 2 is 1.30 bits per heavy atom. The van der Waals surface area contributed by atoms with E-state index in [1.54, 1.807) is 0 Å². The SMILES string of the molecule is C=C1N=C(c2cc(C(C)(C)C)c(O)c(C(C)(C)C)c2)N=C1c1ccccc1. The third-order valence-corrected chi connectivity index (χ3v) is 4.76. The second-order valence-electron chi connectivity index (χ2n) is 9.13. The van der Waals surface area contributed by atoms with Crippen molar-refractivity contribution in [1.29, 1.82) is 0 Å². The zero-order chi connectivity index (χ0) is 20.0. The number of phenols is 1. The van der Waals surface area contributed by atoms with Crippen molar-refractivity contribution in [2.75, 3.05) is 0 Å². The van der Waals surface area contributed by atoms with Crippen LogP contribution < -0.4 is 0 Å². The predicted octanol–water partition coefficient (Wildman–Crippen LogP) is 5.75. The molecule has 3 heteroatoms. The lowest BCUT2D eigenvalue weighted by Crippen LogP contribution is -2.18. The molecule has 0 radical (unpaired) electrons. The quantitative estimate of drug-likeness (QED) is 0.728. The van der Waals surface area contributed by atoms with Gasteiger partial charge in [0, 0.05) is 22.3 Å². The maximum absolute atomic E-state index is 10.9. The Kier molecular flexibility index (Phi) is 4.59. The lowest BCUT2D eigenvalue weighted by atomic mass is 9.78. The average Bonchev–Trinajstić information content (AvgIpc) is 2.95. The standard InChI is InChI=1S/C24H28N2O/c1-15-20(16-11-9-8-10-12-16)26-22(25-15)17-13-18(23(2,3)4)21(27)19(14-17)24(5,6)7/h8-14,27H,1H2,2-7H3. The van der Waals surface area contributed by atoms with E-state index >= 15 is 0 Å². The van der Waals surface area contributed by atoms with Crippen molar-refractivity contribution >= 4 is 11.5 Å². The molecule has 1 aliphatic rings. The molecule has 0 spiro atoms. The van der Waals surface area contributed by atoms with Gasteiger partial charge in [-0.1, -0.05) is 78.5 Å². The number of hydrogen-bond acceptors (Lipinski definition) is 3. The highest BCUT2D eigenvalue weighted by Crippen LogP contribution is 2.40. The summed E-state index contributed by atoms with van der Waals surface area (Å²) < 4.78 is 0. The molecule has 0 bridgehead atoms. The zero-order valence-corrected chi connectivity index (χ0v) is 17.1. The topological polar surface area (TPSA) is 45.0 Å². The molecule has 0 saturated carbocycles. The van der Waals surface area contributed by atoms with E-state index in [0.717, 1.165) is 28.0 Å². The van der Waals surface area contributed by atoms with Gasteiger partial charge in [-0.3, -0.25) is 0 Å². The molecule has 0 unspecified atom stereocenters. The van der Waals surface area contributed by atoms with E-state index in [9.17, 15) is 5.11 Å². The number of phenolic OH excluding ortho intramolecular Hbond substituents is 1. The van der Waals surface area contributed by atoms with Gasteiger partial charge in [0.2, 0.25) is 0 Å². The molecule has 0 amide bonds. The molecule has 0 saturated heterocycles. The molecule has 140 valence electrons. The van der Waals surface area contributed by atoms with Crippen LogP contribution in [0.3, 0.4) is 0 Å². The Hall–Kier alpha value is -2.68. The number of benzene rings is 2. The van der Waals surface area contributed by atoms with Gasteiger partial charge in [-0.25, -0.2) is 9.98 Å². The second-order valence-corrected chi connectivity index (χ2v) is 9.13. The summed E-state index contributed by atoms with van der Waals surface area (Å²) in [5.41, 5.74) is 4.81. The lowest BCUT2D eigenvalue weighted by Gasteiger charge is -2.28. The van der Waals surface area contributed by atoms with E-state index in [0.29, 0.717) is 17.3 Å². The number of nitrogens with zero attached hydrogens (tertiary/aromatic N) is 2. The first-order valence-electron chi connectivity index (χ1n) is 9.29. The molecule has 1 heterocycles. The minimum Gasteiger partial charge on any atom is -0.507 e. The molecule has 3 rings (SSSR count). The number of rotatable bonds is 2. The Labute approximate surface area is 162 Å². The molecular formula is C24H28N2O. The van der Waals surface area contributed by atoms with Gasteiger partial charge in [0.05, 0.1) is 11.4 Å². The first kappa shape index (κ1) is 19.1. The molecule has 0 atom stereocenters. The highest BCUT2D eigenvalue weighted by Gasteiger charge is 2.28. The van der Waals surface area contributed by atoms with Gasteiger partial charge in [0.25, 0.3) is 0 Å². The highest BCUT2D eigenvalue weighted by atomic mass is 16.3. The van der Waals surface area contributed by atoms with Crippen LogP contribution in [0, 0.1) is 0 Å². The van der Waals surface area contributed by atoms with E-state index in [1.165, 1.54) is 0 Å². The van der Waals surface area contributed by atoms with Crippen molar-refractivity contribution in [2.24, 2.45) is 9.98 Å². The van der Waals surface area contributed by atoms with E-state index in [4.69, 9.17) is 4.99 Å². The van der Waals surface area contributed by atoms with Crippen LogP contribution in [0.25, 0.3) is 0 Å². The summed E-state index contributed by atoms with van der Waals surface area (Å²) in [6.45, 7) is 16.7. The Balaban J connectivity index is 2.16. The van der Waals surface area contributed by atoms with Gasteiger partial charge in [0.15, 0.2) is 5.84 Å². The minimum absolute atomic E-state index is 0.192. The largest absolute Gasteiger partial charge is 0.507 e. The van der Waals surface area contributed by atoms with Crippen molar-refractivity contribution in [2.45, 2.75) is 52.4 Å². The van der Waals surface area contributed by atoms with Crippen LogP contribution in [0.4, 0.5) is 0 Å². The fourth-order valence-electron chi connectivity index (χ4n) is 3.24. The lowest BCUT2D eigenvalue weighted by molar-refractivity contribution is 0.423. The van der Waals surface area contributed by atoms with Crippen LogP contribution in [0.15, 0.2) is 64.7 Å². The van der Waals surface area contributed by atoms with Crippen molar-refractivity contribution < 1.29 is 5.11 Å². The van der Waals surface area contributed by atoms with Gasteiger partial charge in [-0.2, -0.15) is 0 Å². The summed E-state index contributed by atoms with van der Waals surface area (Å²) >= 11 is 0. The summed E-state index contributed by atoms with van der Waals surface area (Å²) in [5, 5.41) is 10.9. The number of aliphatic imine (C=N–C) groups is 2. The Bertz CT molecular complexity index is 917. The molecule has 3 nitrogen and oxygen atoms in total. The molecule has 0 fully saturated rings. The van der Waals surface area contributed by atoms with Crippen LogP contribution in [0.2, 0.25) is 0 Å². The molecule has 0 aliphatic carbocycles. The van der Waals surface area contributed by atoms with E-state index in [2.05, 4.69) is 53.1 Å². The monoisotopic (exact) mass is 360 g/mol. The molecular weight excluding hydrogens is 332 g/mol. The van der Waals surface area contributed by atoms with E-state index in [1.807, 2.05) is 42.5 Å². The summed E-state index contributed by atoms with van der Waals surface area (Å²) in [4.78, 5) is 9.40. The number of amidine groups is 1. The highest BCUT2D eigenvalue weighted by molar-refractivity contribution is 6.24. The molecule has 2 aromatic carbocycles. The van der Waals surface area contributed by atoms with E-state index < -0.39 is 0 Å². The first-order valence-corrected chi connectivity index (χ1v) is 9.29. The average molecular weight is 361 g/mol. The fraction of sp³-hybridized carbons (Fsp3) is 0.333. The Morgan fingerprint density at radius 3 is 1.78 bits per heavy atom. The fourth-order valence-corrected chi connectivity index (χ4v) is 3.24. The summed E-state index contributed by atoms with van der Waals surface area (Å²) in [6.07, 6.45) is 0. The van der Waals surface area contributed by atoms with Crippen molar-refractivity contribution in [1.82, 2.24) is 0 Å². The van der Waals surface area contributed by atoms with Gasteiger partial charge in [0.1, 0.15) is 5.75 Å². The van der Waals surface area contributed by atoms with Gasteiger partial charge in [-0.15, -0.1) is 0 Å².